The maximum Gasteiger partial charge on any atom is 0.224 e. The van der Waals surface area contributed by atoms with E-state index >= 15 is 0 Å². The Morgan fingerprint density at radius 2 is 2.29 bits per heavy atom. The molecule has 1 saturated carbocycles. The van der Waals surface area contributed by atoms with Crippen molar-refractivity contribution >= 4 is 29.0 Å². The second-order valence-corrected chi connectivity index (χ2v) is 4.43. The molecule has 1 aromatic rings. The van der Waals surface area contributed by atoms with E-state index in [1.165, 1.54) is 12.6 Å². The molecule has 14 heavy (non-hydrogen) atoms. The first-order chi connectivity index (χ1) is 6.66. The van der Waals surface area contributed by atoms with Gasteiger partial charge in [-0.05, 0) is 29.9 Å². The highest BCUT2D eigenvalue weighted by atomic mass is 35.5. The van der Waals surface area contributed by atoms with E-state index in [4.69, 9.17) is 23.2 Å². The Morgan fingerprint density at radius 1 is 1.57 bits per heavy atom. The molecule has 0 spiro atoms. The zero-order valence-corrected chi connectivity index (χ0v) is 9.31. The van der Waals surface area contributed by atoms with Gasteiger partial charge in [0.1, 0.15) is 10.8 Å². The van der Waals surface area contributed by atoms with E-state index in [-0.39, 0.29) is 5.28 Å². The molecule has 5 heteroatoms. The van der Waals surface area contributed by atoms with Gasteiger partial charge >= 0.3 is 0 Å². The lowest BCUT2D eigenvalue weighted by Crippen LogP contribution is -2.06. The van der Waals surface area contributed by atoms with Crippen LogP contribution in [-0.4, -0.2) is 16.5 Å². The van der Waals surface area contributed by atoms with E-state index in [1.54, 1.807) is 0 Å². The molecule has 1 heterocycles. The molecule has 1 aliphatic carbocycles. The van der Waals surface area contributed by atoms with Gasteiger partial charge in [-0.1, -0.05) is 18.5 Å². The van der Waals surface area contributed by atoms with Crippen molar-refractivity contribution < 1.29 is 0 Å². The van der Waals surface area contributed by atoms with E-state index in [0.717, 1.165) is 18.4 Å². The molecule has 2 unspecified atom stereocenters. The Hall–Kier alpha value is -0.540. The molecule has 0 bridgehead atoms. The molecule has 0 saturated heterocycles. The highest BCUT2D eigenvalue weighted by Gasteiger charge is 2.32. The van der Waals surface area contributed by atoms with Crippen molar-refractivity contribution in [2.75, 3.05) is 11.9 Å². The van der Waals surface area contributed by atoms with Gasteiger partial charge in [0.25, 0.3) is 0 Å². The quantitative estimate of drug-likeness (QED) is 0.814. The number of rotatable bonds is 3. The normalized spacial score (nSPS) is 24.8. The molecular weight excluding hydrogens is 221 g/mol. The van der Waals surface area contributed by atoms with Gasteiger partial charge in [-0.25, -0.2) is 4.98 Å². The van der Waals surface area contributed by atoms with Crippen LogP contribution in [-0.2, 0) is 0 Å². The number of nitrogens with zero attached hydrogens (tertiary/aromatic N) is 2. The third kappa shape index (κ3) is 2.28. The Labute approximate surface area is 92.8 Å². The van der Waals surface area contributed by atoms with Crippen LogP contribution in [0, 0.1) is 11.8 Å². The zero-order chi connectivity index (χ0) is 10.1. The highest BCUT2D eigenvalue weighted by molar-refractivity contribution is 6.33. The maximum atomic E-state index is 5.89. The van der Waals surface area contributed by atoms with E-state index < -0.39 is 0 Å². The summed E-state index contributed by atoms with van der Waals surface area (Å²) in [4.78, 5) is 7.79. The first kappa shape index (κ1) is 9.99. The monoisotopic (exact) mass is 231 g/mol. The van der Waals surface area contributed by atoms with Crippen LogP contribution in [0.1, 0.15) is 13.3 Å². The van der Waals surface area contributed by atoms with Crippen LogP contribution in [0.15, 0.2) is 6.20 Å². The second kappa shape index (κ2) is 3.91. The summed E-state index contributed by atoms with van der Waals surface area (Å²) in [5, 5.41) is 3.92. The van der Waals surface area contributed by atoms with Crippen molar-refractivity contribution in [2.45, 2.75) is 13.3 Å². The predicted molar refractivity (Wildman–Crippen MR) is 57.8 cm³/mol. The number of halogens is 2. The van der Waals surface area contributed by atoms with Gasteiger partial charge in [-0.3, -0.25) is 0 Å². The van der Waals surface area contributed by atoms with Crippen molar-refractivity contribution in [3.63, 3.8) is 0 Å². The minimum atomic E-state index is 0.223. The summed E-state index contributed by atoms with van der Waals surface area (Å²) in [7, 11) is 0. The van der Waals surface area contributed by atoms with Crippen molar-refractivity contribution in [1.82, 2.24) is 9.97 Å². The van der Waals surface area contributed by atoms with E-state index in [1.807, 2.05) is 0 Å². The van der Waals surface area contributed by atoms with Gasteiger partial charge in [-0.15, -0.1) is 0 Å². The fourth-order valence-corrected chi connectivity index (χ4v) is 1.67. The number of aromatic nitrogens is 2. The fraction of sp³-hybridized carbons (Fsp3) is 0.556. The number of nitrogens with one attached hydrogen (secondary N) is 1. The van der Waals surface area contributed by atoms with Crippen LogP contribution in [0.3, 0.4) is 0 Å². The van der Waals surface area contributed by atoms with Crippen molar-refractivity contribution in [3.05, 3.63) is 16.5 Å². The molecule has 0 aromatic carbocycles. The Kier molecular flexibility index (Phi) is 2.79. The first-order valence-corrected chi connectivity index (χ1v) is 5.34. The van der Waals surface area contributed by atoms with Crippen LogP contribution < -0.4 is 5.32 Å². The molecule has 1 N–H and O–H groups in total. The van der Waals surface area contributed by atoms with Crippen LogP contribution >= 0.6 is 23.2 Å². The molecule has 2 rings (SSSR count). The van der Waals surface area contributed by atoms with Gasteiger partial charge in [0.2, 0.25) is 5.28 Å². The molecule has 1 aliphatic rings. The molecule has 2 atom stereocenters. The summed E-state index contributed by atoms with van der Waals surface area (Å²) in [6.07, 6.45) is 2.79. The second-order valence-electron chi connectivity index (χ2n) is 3.69. The lowest BCUT2D eigenvalue weighted by Gasteiger charge is -2.05. The van der Waals surface area contributed by atoms with Crippen molar-refractivity contribution in [3.8, 4) is 0 Å². The number of hydrogen-bond donors (Lipinski definition) is 1. The molecule has 76 valence electrons. The SMILES string of the molecule is CC1CC1CNc1nc(Cl)ncc1Cl. The standard InChI is InChI=1S/C9H11Cl2N3/c1-5-2-6(5)3-12-8-7(10)4-13-9(11)14-8/h4-6H,2-3H2,1H3,(H,12,13,14). The van der Waals surface area contributed by atoms with Crippen LogP contribution in [0.25, 0.3) is 0 Å². The maximum absolute atomic E-state index is 5.89. The molecule has 1 fully saturated rings. The van der Waals surface area contributed by atoms with Gasteiger partial charge in [0, 0.05) is 6.54 Å². The van der Waals surface area contributed by atoms with Crippen LogP contribution in [0.5, 0.6) is 0 Å². The average Bonchev–Trinajstić information content (AvgIpc) is 2.84. The smallest absolute Gasteiger partial charge is 0.224 e. The van der Waals surface area contributed by atoms with Gasteiger partial charge in [0.05, 0.1) is 6.20 Å². The van der Waals surface area contributed by atoms with Crippen molar-refractivity contribution in [1.29, 1.82) is 0 Å². The minimum Gasteiger partial charge on any atom is -0.368 e. The summed E-state index contributed by atoms with van der Waals surface area (Å²) in [5.74, 6) is 2.20. The lowest BCUT2D eigenvalue weighted by molar-refractivity contribution is 0.784. The predicted octanol–water partition coefficient (Wildman–Crippen LogP) is 2.85. The molecule has 0 amide bonds. The molecule has 0 aliphatic heterocycles. The van der Waals surface area contributed by atoms with Crippen LogP contribution in [0.2, 0.25) is 10.3 Å². The Balaban J connectivity index is 1.97. The van der Waals surface area contributed by atoms with Gasteiger partial charge < -0.3 is 5.32 Å². The van der Waals surface area contributed by atoms with Crippen LogP contribution in [0.4, 0.5) is 5.82 Å². The van der Waals surface area contributed by atoms with E-state index in [0.29, 0.717) is 10.8 Å². The molecule has 1 aromatic heterocycles. The fourth-order valence-electron chi connectivity index (χ4n) is 1.38. The molecule has 0 radical (unpaired) electrons. The lowest BCUT2D eigenvalue weighted by atomic mass is 10.3. The summed E-state index contributed by atoms with van der Waals surface area (Å²) in [5.41, 5.74) is 0. The largest absolute Gasteiger partial charge is 0.368 e. The number of hydrogen-bond acceptors (Lipinski definition) is 3. The topological polar surface area (TPSA) is 37.8 Å². The first-order valence-electron chi connectivity index (χ1n) is 4.58. The Bertz CT molecular complexity index is 343. The van der Waals surface area contributed by atoms with E-state index in [2.05, 4.69) is 22.2 Å². The zero-order valence-electron chi connectivity index (χ0n) is 7.80. The summed E-state index contributed by atoms with van der Waals surface area (Å²) >= 11 is 11.5. The summed E-state index contributed by atoms with van der Waals surface area (Å²) < 4.78 is 0. The number of anilines is 1. The van der Waals surface area contributed by atoms with Crippen molar-refractivity contribution in [2.24, 2.45) is 11.8 Å². The third-order valence-corrected chi connectivity index (χ3v) is 2.98. The van der Waals surface area contributed by atoms with Gasteiger partial charge in [-0.2, -0.15) is 4.98 Å². The minimum absolute atomic E-state index is 0.223. The highest BCUT2D eigenvalue weighted by Crippen LogP contribution is 2.37. The van der Waals surface area contributed by atoms with Gasteiger partial charge in [0.15, 0.2) is 0 Å². The summed E-state index contributed by atoms with van der Waals surface area (Å²) in [6, 6.07) is 0. The third-order valence-electron chi connectivity index (χ3n) is 2.52. The summed E-state index contributed by atoms with van der Waals surface area (Å²) in [6.45, 7) is 3.15. The molecule has 3 nitrogen and oxygen atoms in total. The molecular formula is C9H11Cl2N3. The average molecular weight is 232 g/mol. The Morgan fingerprint density at radius 3 is 2.93 bits per heavy atom. The van der Waals surface area contributed by atoms with E-state index in [9.17, 15) is 0 Å².